The molecule has 2 amide bonds. The van der Waals surface area contributed by atoms with Crippen molar-refractivity contribution in [3.63, 3.8) is 0 Å². The fraction of sp³-hybridized carbons (Fsp3) is 0.458. The number of aryl methyl sites for hydroxylation is 1. The van der Waals surface area contributed by atoms with Gasteiger partial charge in [-0.15, -0.1) is 0 Å². The molecule has 1 aliphatic carbocycles. The molecule has 0 fully saturated rings. The summed E-state index contributed by atoms with van der Waals surface area (Å²) in [6.07, 6.45) is 7.21. The number of fused-ring (bicyclic) bond motifs is 2. The fourth-order valence-corrected chi connectivity index (χ4v) is 4.57. The smallest absolute Gasteiger partial charge is 0.261 e. The third-order valence-electron chi connectivity index (χ3n) is 6.50. The van der Waals surface area contributed by atoms with Crippen LogP contribution in [0.2, 0.25) is 0 Å². The van der Waals surface area contributed by atoms with Gasteiger partial charge in [0.15, 0.2) is 0 Å². The van der Waals surface area contributed by atoms with Gasteiger partial charge in [0.2, 0.25) is 5.91 Å². The lowest BCUT2D eigenvalue weighted by atomic mass is 9.90. The molecule has 0 saturated carbocycles. The first-order chi connectivity index (χ1) is 14.5. The summed E-state index contributed by atoms with van der Waals surface area (Å²) in [5.41, 5.74) is 4.67. The van der Waals surface area contributed by atoms with Crippen molar-refractivity contribution in [2.24, 2.45) is 5.92 Å². The van der Waals surface area contributed by atoms with E-state index in [0.717, 1.165) is 42.5 Å². The summed E-state index contributed by atoms with van der Waals surface area (Å²) in [7, 11) is 0. The van der Waals surface area contributed by atoms with Crippen LogP contribution in [0.5, 0.6) is 0 Å². The molecule has 6 nitrogen and oxygen atoms in total. The number of benzene rings is 1. The molecule has 4 rings (SSSR count). The van der Waals surface area contributed by atoms with Crippen molar-refractivity contribution < 1.29 is 9.59 Å². The Kier molecular flexibility index (Phi) is 5.75. The zero-order valence-electron chi connectivity index (χ0n) is 17.7. The first kappa shape index (κ1) is 20.4. The van der Waals surface area contributed by atoms with Gasteiger partial charge in [-0.05, 0) is 66.8 Å². The van der Waals surface area contributed by atoms with Crippen LogP contribution in [0.3, 0.4) is 0 Å². The first-order valence-electron chi connectivity index (χ1n) is 10.9. The van der Waals surface area contributed by atoms with Crippen LogP contribution in [-0.4, -0.2) is 28.2 Å². The summed E-state index contributed by atoms with van der Waals surface area (Å²) in [4.78, 5) is 42.8. The number of nitrogens with zero attached hydrogens (tertiary/aromatic N) is 1. The quantitative estimate of drug-likeness (QED) is 0.815. The highest BCUT2D eigenvalue weighted by molar-refractivity contribution is 6.05. The van der Waals surface area contributed by atoms with Crippen molar-refractivity contribution in [1.29, 1.82) is 0 Å². The third-order valence-corrected chi connectivity index (χ3v) is 6.50. The Morgan fingerprint density at radius 3 is 2.73 bits per heavy atom. The van der Waals surface area contributed by atoms with Crippen molar-refractivity contribution in [3.8, 4) is 0 Å². The summed E-state index contributed by atoms with van der Waals surface area (Å²) in [6, 6.07) is 5.99. The second-order valence-electron chi connectivity index (χ2n) is 8.42. The summed E-state index contributed by atoms with van der Waals surface area (Å²) in [5, 5.41) is 3.00. The molecule has 1 unspecified atom stereocenters. The Morgan fingerprint density at radius 1 is 1.13 bits per heavy atom. The van der Waals surface area contributed by atoms with Gasteiger partial charge in [-0.3, -0.25) is 14.4 Å². The van der Waals surface area contributed by atoms with Gasteiger partial charge in [0, 0.05) is 30.9 Å². The molecule has 2 aliphatic rings. The van der Waals surface area contributed by atoms with E-state index in [1.165, 1.54) is 17.5 Å². The van der Waals surface area contributed by atoms with Crippen LogP contribution in [0.15, 0.2) is 29.2 Å². The molecule has 2 aromatic rings. The number of hydrogen-bond acceptors (Lipinski definition) is 3. The maximum absolute atomic E-state index is 13.2. The minimum Gasteiger partial charge on any atom is -0.338 e. The topological polar surface area (TPSA) is 82.3 Å². The van der Waals surface area contributed by atoms with Gasteiger partial charge in [0.25, 0.3) is 11.5 Å². The molecule has 0 saturated heterocycles. The van der Waals surface area contributed by atoms with Crippen molar-refractivity contribution in [2.75, 3.05) is 11.9 Å². The van der Waals surface area contributed by atoms with E-state index >= 15 is 0 Å². The van der Waals surface area contributed by atoms with Crippen LogP contribution in [0.4, 0.5) is 5.69 Å². The number of hydrogen-bond donors (Lipinski definition) is 2. The van der Waals surface area contributed by atoms with Gasteiger partial charge in [0.05, 0.1) is 0 Å². The van der Waals surface area contributed by atoms with Crippen LogP contribution in [0.25, 0.3) is 0 Å². The van der Waals surface area contributed by atoms with Crippen molar-refractivity contribution in [1.82, 2.24) is 9.88 Å². The van der Waals surface area contributed by atoms with E-state index in [1.807, 2.05) is 30.9 Å². The van der Waals surface area contributed by atoms with E-state index < -0.39 is 0 Å². The molecule has 158 valence electrons. The Labute approximate surface area is 176 Å². The number of amides is 2. The molecular weight excluding hydrogens is 378 g/mol. The molecule has 1 aromatic carbocycles. The number of aromatic nitrogens is 1. The molecule has 6 heteroatoms. The average molecular weight is 408 g/mol. The van der Waals surface area contributed by atoms with E-state index in [4.69, 9.17) is 0 Å². The summed E-state index contributed by atoms with van der Waals surface area (Å²) in [5.74, 6) is -0.272. The second-order valence-corrected chi connectivity index (χ2v) is 8.42. The highest BCUT2D eigenvalue weighted by Crippen LogP contribution is 2.29. The lowest BCUT2D eigenvalue weighted by Gasteiger charge is -2.31. The molecule has 0 spiro atoms. The minimum absolute atomic E-state index is 0.0265. The van der Waals surface area contributed by atoms with Gasteiger partial charge in [-0.25, -0.2) is 0 Å². The molecule has 2 heterocycles. The maximum Gasteiger partial charge on any atom is 0.261 e. The first-order valence-corrected chi connectivity index (χ1v) is 10.9. The molecule has 0 radical (unpaired) electrons. The van der Waals surface area contributed by atoms with E-state index in [-0.39, 0.29) is 28.9 Å². The Hall–Kier alpha value is -2.89. The second kappa shape index (κ2) is 8.46. The number of nitrogens with one attached hydrogen (secondary N) is 2. The maximum atomic E-state index is 13.2. The molecule has 0 bridgehead atoms. The number of carbonyl (C=O) groups excluding carboxylic acids is 2. The Bertz CT molecular complexity index is 1040. The average Bonchev–Trinajstić information content (AvgIpc) is 2.77. The SMILES string of the molecule is CCC(C)C(=O)N1CCc2c(c[nH]c(=O)c2C(=O)Nc2cccc3c2CCCC3)C1. The van der Waals surface area contributed by atoms with E-state index in [0.29, 0.717) is 19.5 Å². The number of aromatic amines is 1. The summed E-state index contributed by atoms with van der Waals surface area (Å²) < 4.78 is 0. The minimum atomic E-state index is -0.377. The number of anilines is 1. The van der Waals surface area contributed by atoms with Crippen LogP contribution in [-0.2, 0) is 30.6 Å². The van der Waals surface area contributed by atoms with E-state index in [9.17, 15) is 14.4 Å². The Balaban J connectivity index is 1.61. The van der Waals surface area contributed by atoms with Crippen LogP contribution >= 0.6 is 0 Å². The van der Waals surface area contributed by atoms with Crippen molar-refractivity contribution >= 4 is 17.5 Å². The van der Waals surface area contributed by atoms with Crippen molar-refractivity contribution in [2.45, 2.75) is 58.9 Å². The largest absolute Gasteiger partial charge is 0.338 e. The van der Waals surface area contributed by atoms with Crippen LogP contribution in [0.1, 0.15) is 65.7 Å². The van der Waals surface area contributed by atoms with Crippen LogP contribution < -0.4 is 10.9 Å². The predicted octanol–water partition coefficient (Wildman–Crippen LogP) is 3.44. The highest BCUT2D eigenvalue weighted by atomic mass is 16.2. The zero-order valence-corrected chi connectivity index (χ0v) is 17.7. The summed E-state index contributed by atoms with van der Waals surface area (Å²) >= 11 is 0. The third kappa shape index (κ3) is 3.78. The molecule has 30 heavy (non-hydrogen) atoms. The summed E-state index contributed by atoms with van der Waals surface area (Å²) in [6.45, 7) is 4.89. The van der Waals surface area contributed by atoms with Gasteiger partial charge >= 0.3 is 0 Å². The fourth-order valence-electron chi connectivity index (χ4n) is 4.57. The number of rotatable bonds is 4. The standard InChI is InChI=1S/C24H29N3O3/c1-3-15(2)24(30)27-12-11-19-17(14-27)13-25-22(28)21(19)23(29)26-20-10-6-8-16-7-4-5-9-18(16)20/h6,8,10,13,15H,3-5,7,9,11-12,14H2,1-2H3,(H,25,28)(H,26,29). The number of pyridine rings is 1. The van der Waals surface area contributed by atoms with Crippen LogP contribution in [0, 0.1) is 5.92 Å². The molecule has 1 aliphatic heterocycles. The lowest BCUT2D eigenvalue weighted by Crippen LogP contribution is -2.41. The monoisotopic (exact) mass is 407 g/mol. The van der Waals surface area contributed by atoms with Gasteiger partial charge < -0.3 is 15.2 Å². The van der Waals surface area contributed by atoms with Gasteiger partial charge in [0.1, 0.15) is 5.56 Å². The zero-order chi connectivity index (χ0) is 21.3. The van der Waals surface area contributed by atoms with Gasteiger partial charge in [-0.1, -0.05) is 26.0 Å². The highest BCUT2D eigenvalue weighted by Gasteiger charge is 2.28. The Morgan fingerprint density at radius 2 is 1.93 bits per heavy atom. The molecule has 2 N–H and O–H groups in total. The lowest BCUT2D eigenvalue weighted by molar-refractivity contribution is -0.136. The number of carbonyl (C=O) groups is 2. The molecule has 1 aromatic heterocycles. The normalized spacial score (nSPS) is 16.4. The molecule has 1 atom stereocenters. The van der Waals surface area contributed by atoms with E-state index in [2.05, 4.69) is 16.4 Å². The number of H-pyrrole nitrogens is 1. The molecular formula is C24H29N3O3. The van der Waals surface area contributed by atoms with E-state index in [1.54, 1.807) is 6.20 Å². The van der Waals surface area contributed by atoms with Gasteiger partial charge in [-0.2, -0.15) is 0 Å². The predicted molar refractivity (Wildman–Crippen MR) is 117 cm³/mol. The van der Waals surface area contributed by atoms with Crippen molar-refractivity contribution in [3.05, 3.63) is 62.6 Å².